The third-order valence-corrected chi connectivity index (χ3v) is 3.53. The van der Waals surface area contributed by atoms with E-state index in [4.69, 9.17) is 19.3 Å². The summed E-state index contributed by atoms with van der Waals surface area (Å²) in [6.07, 6.45) is 1.78. The van der Waals surface area contributed by atoms with Gasteiger partial charge in [-0.2, -0.15) is 0 Å². The molecule has 0 aliphatic carbocycles. The number of hydrogen-bond donors (Lipinski definition) is 3. The van der Waals surface area contributed by atoms with Gasteiger partial charge in [-0.1, -0.05) is 12.1 Å². The normalized spacial score (nSPS) is 11.4. The number of aliphatic hydroxyl groups is 1. The minimum atomic E-state index is 0.0589. The second-order valence-corrected chi connectivity index (χ2v) is 5.61. The average Bonchev–Trinajstić information content (AvgIpc) is 2.68. The number of guanidine groups is 1. The van der Waals surface area contributed by atoms with E-state index in [2.05, 4.69) is 15.6 Å². The second kappa shape index (κ2) is 15.4. The maximum Gasteiger partial charge on any atom is 0.191 e. The maximum absolute atomic E-state index is 8.69. The van der Waals surface area contributed by atoms with Crippen LogP contribution in [0.15, 0.2) is 29.3 Å². The van der Waals surface area contributed by atoms with Crippen molar-refractivity contribution in [3.05, 3.63) is 29.8 Å². The van der Waals surface area contributed by atoms with Crippen molar-refractivity contribution in [2.75, 3.05) is 53.2 Å². The van der Waals surface area contributed by atoms with Crippen LogP contribution < -0.4 is 15.4 Å². The van der Waals surface area contributed by atoms with Gasteiger partial charge in [-0.15, -0.1) is 0 Å². The summed E-state index contributed by atoms with van der Waals surface area (Å²) in [4.78, 5) is 4.63. The molecule has 148 valence electrons. The van der Waals surface area contributed by atoms with E-state index >= 15 is 0 Å². The lowest BCUT2D eigenvalue weighted by molar-refractivity contribution is 0.0912. The largest absolute Gasteiger partial charge is 0.497 e. The zero-order valence-electron chi connectivity index (χ0n) is 16.0. The van der Waals surface area contributed by atoms with Gasteiger partial charge in [0.15, 0.2) is 5.96 Å². The van der Waals surface area contributed by atoms with E-state index in [-0.39, 0.29) is 6.61 Å². The predicted molar refractivity (Wildman–Crippen MR) is 104 cm³/mol. The molecule has 0 amide bonds. The first-order valence-electron chi connectivity index (χ1n) is 9.21. The van der Waals surface area contributed by atoms with E-state index in [1.807, 2.05) is 31.2 Å². The first kappa shape index (κ1) is 22.2. The molecular formula is C19H33N3O4. The summed E-state index contributed by atoms with van der Waals surface area (Å²) < 4.78 is 15.8. The number of methoxy groups -OCH3 is 1. The van der Waals surface area contributed by atoms with Crippen molar-refractivity contribution in [1.82, 2.24) is 10.6 Å². The molecule has 3 N–H and O–H groups in total. The Labute approximate surface area is 156 Å². The topological polar surface area (TPSA) is 84.3 Å². The van der Waals surface area contributed by atoms with Gasteiger partial charge < -0.3 is 30.0 Å². The molecule has 0 heterocycles. The van der Waals surface area contributed by atoms with Gasteiger partial charge in [-0.3, -0.25) is 0 Å². The Morgan fingerprint density at radius 2 is 1.65 bits per heavy atom. The van der Waals surface area contributed by atoms with Crippen molar-refractivity contribution in [1.29, 1.82) is 0 Å². The molecule has 0 aliphatic heterocycles. The number of benzene rings is 1. The predicted octanol–water partition coefficient (Wildman–Crippen LogP) is 1.56. The van der Waals surface area contributed by atoms with Crippen LogP contribution in [0.3, 0.4) is 0 Å². The van der Waals surface area contributed by atoms with Crippen molar-refractivity contribution < 1.29 is 19.3 Å². The minimum absolute atomic E-state index is 0.0589. The van der Waals surface area contributed by atoms with Gasteiger partial charge in [0.1, 0.15) is 5.75 Å². The zero-order chi connectivity index (χ0) is 18.9. The second-order valence-electron chi connectivity index (χ2n) is 5.61. The van der Waals surface area contributed by atoms with Crippen molar-refractivity contribution in [2.24, 2.45) is 4.99 Å². The standard InChI is InChI=1S/C19H33N3O4/c1-3-25-13-4-10-20-19(21-11-5-14-26-15-12-23)22-16-17-6-8-18(24-2)9-7-17/h6-9,23H,3-5,10-16H2,1-2H3,(H2,20,21,22). The van der Waals surface area contributed by atoms with Crippen LogP contribution >= 0.6 is 0 Å². The van der Waals surface area contributed by atoms with Gasteiger partial charge in [0.25, 0.3) is 0 Å². The first-order valence-corrected chi connectivity index (χ1v) is 9.21. The van der Waals surface area contributed by atoms with Crippen molar-refractivity contribution in [3.8, 4) is 5.75 Å². The molecule has 1 rings (SSSR count). The number of ether oxygens (including phenoxy) is 3. The Morgan fingerprint density at radius 1 is 1.00 bits per heavy atom. The SMILES string of the molecule is CCOCCCNC(=NCc1ccc(OC)cc1)NCCCOCCO. The Balaban J connectivity index is 2.43. The van der Waals surface area contributed by atoms with Crippen LogP contribution in [0.2, 0.25) is 0 Å². The quantitative estimate of drug-likeness (QED) is 0.263. The molecule has 1 aromatic rings. The Bertz CT molecular complexity index is 480. The smallest absolute Gasteiger partial charge is 0.191 e. The maximum atomic E-state index is 8.69. The summed E-state index contributed by atoms with van der Waals surface area (Å²) in [7, 11) is 1.66. The van der Waals surface area contributed by atoms with Crippen LogP contribution in [0.4, 0.5) is 0 Å². The van der Waals surface area contributed by atoms with Gasteiger partial charge in [0.2, 0.25) is 0 Å². The summed E-state index contributed by atoms with van der Waals surface area (Å²) >= 11 is 0. The number of nitrogens with one attached hydrogen (secondary N) is 2. The lowest BCUT2D eigenvalue weighted by Crippen LogP contribution is -2.39. The molecule has 0 aromatic heterocycles. The number of aliphatic imine (C=N–C) groups is 1. The van der Waals surface area contributed by atoms with Crippen molar-refractivity contribution in [3.63, 3.8) is 0 Å². The fourth-order valence-corrected chi connectivity index (χ4v) is 2.15. The summed E-state index contributed by atoms with van der Waals surface area (Å²) in [5, 5.41) is 15.3. The molecular weight excluding hydrogens is 334 g/mol. The summed E-state index contributed by atoms with van der Waals surface area (Å²) in [6, 6.07) is 7.90. The van der Waals surface area contributed by atoms with Gasteiger partial charge in [0, 0.05) is 32.9 Å². The Kier molecular flexibility index (Phi) is 13.2. The Morgan fingerprint density at radius 3 is 2.23 bits per heavy atom. The first-order chi connectivity index (χ1) is 12.8. The number of hydrogen-bond acceptors (Lipinski definition) is 5. The van der Waals surface area contributed by atoms with Gasteiger partial charge in [-0.05, 0) is 37.5 Å². The van der Waals surface area contributed by atoms with Gasteiger partial charge in [-0.25, -0.2) is 4.99 Å². The lowest BCUT2D eigenvalue weighted by Gasteiger charge is -2.13. The Hall–Kier alpha value is -1.83. The van der Waals surface area contributed by atoms with E-state index in [1.165, 1.54) is 0 Å². The van der Waals surface area contributed by atoms with E-state index in [1.54, 1.807) is 7.11 Å². The van der Waals surface area contributed by atoms with Crippen molar-refractivity contribution in [2.45, 2.75) is 26.3 Å². The highest BCUT2D eigenvalue weighted by Gasteiger charge is 2.00. The molecule has 1 aromatic carbocycles. The molecule has 0 spiro atoms. The highest BCUT2D eigenvalue weighted by molar-refractivity contribution is 5.79. The molecule has 0 fully saturated rings. The van der Waals surface area contributed by atoms with E-state index in [0.717, 1.165) is 56.4 Å². The number of rotatable bonds is 14. The van der Waals surface area contributed by atoms with Gasteiger partial charge in [0.05, 0.1) is 26.9 Å². The molecule has 7 nitrogen and oxygen atoms in total. The van der Waals surface area contributed by atoms with Crippen LogP contribution in [0.1, 0.15) is 25.3 Å². The van der Waals surface area contributed by atoms with Crippen LogP contribution in [0.5, 0.6) is 5.75 Å². The lowest BCUT2D eigenvalue weighted by atomic mass is 10.2. The molecule has 0 atom stereocenters. The molecule has 0 saturated heterocycles. The number of aliphatic hydroxyl groups excluding tert-OH is 1. The monoisotopic (exact) mass is 367 g/mol. The molecule has 0 aliphatic rings. The molecule has 0 bridgehead atoms. The van der Waals surface area contributed by atoms with Crippen molar-refractivity contribution >= 4 is 5.96 Å². The van der Waals surface area contributed by atoms with Crippen LogP contribution in [0.25, 0.3) is 0 Å². The highest BCUT2D eigenvalue weighted by Crippen LogP contribution is 2.11. The summed E-state index contributed by atoms with van der Waals surface area (Å²) in [6.45, 7) is 6.68. The van der Waals surface area contributed by atoms with E-state index in [0.29, 0.717) is 19.8 Å². The average molecular weight is 367 g/mol. The minimum Gasteiger partial charge on any atom is -0.497 e. The summed E-state index contributed by atoms with van der Waals surface area (Å²) in [5.41, 5.74) is 1.12. The van der Waals surface area contributed by atoms with Gasteiger partial charge >= 0.3 is 0 Å². The third-order valence-electron chi connectivity index (χ3n) is 3.53. The van der Waals surface area contributed by atoms with Crippen LogP contribution in [-0.4, -0.2) is 64.3 Å². The highest BCUT2D eigenvalue weighted by atomic mass is 16.5. The molecule has 0 saturated carbocycles. The van der Waals surface area contributed by atoms with Crippen LogP contribution in [0, 0.1) is 0 Å². The zero-order valence-corrected chi connectivity index (χ0v) is 16.0. The molecule has 0 radical (unpaired) electrons. The fourth-order valence-electron chi connectivity index (χ4n) is 2.15. The molecule has 7 heteroatoms. The van der Waals surface area contributed by atoms with E-state index in [9.17, 15) is 0 Å². The number of nitrogens with zero attached hydrogens (tertiary/aromatic N) is 1. The fraction of sp³-hybridized carbons (Fsp3) is 0.632. The molecule has 0 unspecified atom stereocenters. The summed E-state index contributed by atoms with van der Waals surface area (Å²) in [5.74, 6) is 1.62. The third kappa shape index (κ3) is 10.9. The molecule has 26 heavy (non-hydrogen) atoms. The van der Waals surface area contributed by atoms with E-state index < -0.39 is 0 Å². The van der Waals surface area contributed by atoms with Crippen LogP contribution in [-0.2, 0) is 16.0 Å².